The molecule has 1 heterocycles. The fourth-order valence-corrected chi connectivity index (χ4v) is 6.57. The van der Waals surface area contributed by atoms with Gasteiger partial charge >= 0.3 is 0 Å². The minimum atomic E-state index is -4.02. The number of sulfonamides is 1. The van der Waals surface area contributed by atoms with Gasteiger partial charge in [0.25, 0.3) is 15.9 Å². The van der Waals surface area contributed by atoms with Crippen LogP contribution in [0.15, 0.2) is 87.7 Å². The van der Waals surface area contributed by atoms with Crippen molar-refractivity contribution in [2.45, 2.75) is 30.6 Å². The van der Waals surface area contributed by atoms with Crippen molar-refractivity contribution in [3.05, 3.63) is 105 Å². The van der Waals surface area contributed by atoms with Crippen LogP contribution in [0, 0.1) is 20.8 Å². The van der Waals surface area contributed by atoms with Crippen LogP contribution in [0.1, 0.15) is 22.5 Å². The van der Waals surface area contributed by atoms with Crippen molar-refractivity contribution in [3.63, 3.8) is 0 Å². The van der Waals surface area contributed by atoms with Crippen molar-refractivity contribution in [1.29, 1.82) is 0 Å². The van der Waals surface area contributed by atoms with Crippen LogP contribution in [0.4, 0.5) is 5.69 Å². The van der Waals surface area contributed by atoms with E-state index in [0.29, 0.717) is 15.7 Å². The molecule has 1 N–H and O–H groups in total. The lowest BCUT2D eigenvalue weighted by atomic mass is 10.2. The first-order chi connectivity index (χ1) is 19.0. The minimum Gasteiger partial charge on any atom is -0.318 e. The van der Waals surface area contributed by atoms with E-state index in [1.807, 2.05) is 49.8 Å². The topological polar surface area (TPSA) is 83.8 Å². The molecule has 0 unspecified atom stereocenters. The summed E-state index contributed by atoms with van der Waals surface area (Å²) in [7, 11) is -4.02. The smallest absolute Gasteiger partial charge is 0.264 e. The summed E-state index contributed by atoms with van der Waals surface area (Å²) in [6.45, 7) is 5.31. The van der Waals surface area contributed by atoms with Crippen LogP contribution >= 0.6 is 35.0 Å². The molecule has 208 valence electrons. The Morgan fingerprint density at radius 3 is 2.20 bits per heavy atom. The Hall–Kier alpha value is -3.24. The van der Waals surface area contributed by atoms with Crippen LogP contribution in [0.5, 0.6) is 0 Å². The highest BCUT2D eigenvalue weighted by Crippen LogP contribution is 2.27. The highest BCUT2D eigenvalue weighted by atomic mass is 35.5. The maximum atomic E-state index is 13.6. The number of hydrogen-bond acceptors (Lipinski definition) is 5. The second kappa shape index (κ2) is 12.5. The number of benzene rings is 3. The monoisotopic (exact) mass is 614 g/mol. The lowest BCUT2D eigenvalue weighted by molar-refractivity contribution is -0.119. The number of halogens is 2. The largest absolute Gasteiger partial charge is 0.318 e. The van der Waals surface area contributed by atoms with Crippen molar-refractivity contribution in [3.8, 4) is 5.69 Å². The van der Waals surface area contributed by atoms with E-state index in [2.05, 4.69) is 10.5 Å². The van der Waals surface area contributed by atoms with Crippen molar-refractivity contribution >= 4 is 62.8 Å². The molecule has 0 aliphatic heterocycles. The number of anilines is 1. The zero-order valence-corrected chi connectivity index (χ0v) is 25.5. The average Bonchev–Trinajstić information content (AvgIpc) is 3.19. The molecule has 0 bridgehead atoms. The molecule has 7 nitrogen and oxygen atoms in total. The van der Waals surface area contributed by atoms with Crippen molar-refractivity contribution in [2.24, 2.45) is 5.10 Å². The number of thioether (sulfide) groups is 1. The lowest BCUT2D eigenvalue weighted by Crippen LogP contribution is -2.39. The molecule has 4 aromatic rings. The molecule has 0 atom stereocenters. The second-order valence-corrected chi connectivity index (χ2v) is 12.7. The third kappa shape index (κ3) is 6.72. The summed E-state index contributed by atoms with van der Waals surface area (Å²) in [5.74, 6) is -0.587. The summed E-state index contributed by atoms with van der Waals surface area (Å²) in [4.78, 5) is 14.0. The molecule has 11 heteroatoms. The number of aromatic nitrogens is 1. The number of rotatable bonds is 9. The molecular formula is C29H28Cl2N4O3S2. The van der Waals surface area contributed by atoms with Crippen LogP contribution in [0.25, 0.3) is 5.69 Å². The first kappa shape index (κ1) is 29.7. The van der Waals surface area contributed by atoms with Crippen LogP contribution in [0.2, 0.25) is 10.0 Å². The van der Waals surface area contributed by atoms with E-state index in [1.165, 1.54) is 18.0 Å². The SMILES string of the molecule is CSc1ccc(S(=O)(=O)N(CC(=O)N/N=C/c2cc(C)n(-c3cc(Cl)cc(Cl)c3)c2C)c2ccc(C)cc2)cc1. The number of hydrogen-bond donors (Lipinski definition) is 1. The molecule has 1 aromatic heterocycles. The normalized spacial score (nSPS) is 11.7. The number of nitrogens with zero attached hydrogens (tertiary/aromatic N) is 3. The quantitative estimate of drug-likeness (QED) is 0.128. The summed E-state index contributed by atoms with van der Waals surface area (Å²) in [5, 5.41) is 5.15. The fourth-order valence-electron chi connectivity index (χ4n) is 4.22. The Morgan fingerprint density at radius 1 is 0.975 bits per heavy atom. The van der Waals surface area contributed by atoms with Crippen molar-refractivity contribution in [1.82, 2.24) is 9.99 Å². The van der Waals surface area contributed by atoms with E-state index < -0.39 is 22.5 Å². The number of carbonyl (C=O) groups is 1. The van der Waals surface area contributed by atoms with Crippen LogP contribution in [0.3, 0.4) is 0 Å². The van der Waals surface area contributed by atoms with Crippen LogP contribution < -0.4 is 9.73 Å². The highest BCUT2D eigenvalue weighted by molar-refractivity contribution is 7.98. The number of nitrogens with one attached hydrogen (secondary N) is 1. The molecule has 4 rings (SSSR count). The Morgan fingerprint density at radius 2 is 1.60 bits per heavy atom. The van der Waals surface area contributed by atoms with Gasteiger partial charge in [0.1, 0.15) is 6.54 Å². The Balaban J connectivity index is 1.56. The summed E-state index contributed by atoms with van der Waals surface area (Å²) >= 11 is 13.9. The number of hydrazone groups is 1. The highest BCUT2D eigenvalue weighted by Gasteiger charge is 2.27. The zero-order valence-electron chi connectivity index (χ0n) is 22.4. The molecule has 0 fully saturated rings. The third-order valence-electron chi connectivity index (χ3n) is 6.23. The Kier molecular flexibility index (Phi) is 9.30. The van der Waals surface area contributed by atoms with Gasteiger partial charge in [-0.25, -0.2) is 13.8 Å². The van der Waals surface area contributed by atoms with Gasteiger partial charge in [-0.05, 0) is 87.7 Å². The maximum absolute atomic E-state index is 13.6. The lowest BCUT2D eigenvalue weighted by Gasteiger charge is -2.24. The van der Waals surface area contributed by atoms with Crippen LogP contribution in [-0.4, -0.2) is 37.9 Å². The van der Waals surface area contributed by atoms with Gasteiger partial charge in [-0.3, -0.25) is 9.10 Å². The molecule has 0 spiro atoms. The van der Waals surface area contributed by atoms with Gasteiger partial charge in [0.05, 0.1) is 16.8 Å². The van der Waals surface area contributed by atoms with Gasteiger partial charge in [-0.1, -0.05) is 40.9 Å². The van der Waals surface area contributed by atoms with Crippen molar-refractivity contribution in [2.75, 3.05) is 17.1 Å². The summed E-state index contributed by atoms with van der Waals surface area (Å²) in [6.07, 6.45) is 3.44. The van der Waals surface area contributed by atoms with Crippen molar-refractivity contribution < 1.29 is 13.2 Å². The zero-order chi connectivity index (χ0) is 29.0. The predicted octanol–water partition coefficient (Wildman–Crippen LogP) is 6.78. The fraction of sp³-hybridized carbons (Fsp3) is 0.172. The molecule has 0 aliphatic rings. The van der Waals surface area contributed by atoms with E-state index in [0.717, 1.165) is 37.4 Å². The molecular weight excluding hydrogens is 587 g/mol. The number of aryl methyl sites for hydroxylation is 2. The van der Waals surface area contributed by atoms with Gasteiger partial charge in [0.15, 0.2) is 0 Å². The molecule has 40 heavy (non-hydrogen) atoms. The summed E-state index contributed by atoms with van der Waals surface area (Å²) < 4.78 is 30.3. The second-order valence-electron chi connectivity index (χ2n) is 9.11. The van der Waals surface area contributed by atoms with E-state index in [4.69, 9.17) is 23.2 Å². The molecule has 0 saturated heterocycles. The molecule has 3 aromatic carbocycles. The Bertz CT molecular complexity index is 1650. The molecule has 1 amide bonds. The number of amides is 1. The third-order valence-corrected chi connectivity index (χ3v) is 9.19. The summed E-state index contributed by atoms with van der Waals surface area (Å²) in [5.41, 5.74) is 7.18. The van der Waals surface area contributed by atoms with E-state index in [9.17, 15) is 13.2 Å². The van der Waals surface area contributed by atoms with E-state index in [1.54, 1.807) is 54.6 Å². The van der Waals surface area contributed by atoms with Gasteiger partial charge in [0.2, 0.25) is 0 Å². The van der Waals surface area contributed by atoms with Gasteiger partial charge in [-0.15, -0.1) is 11.8 Å². The van der Waals surface area contributed by atoms with E-state index in [-0.39, 0.29) is 4.90 Å². The first-order valence-corrected chi connectivity index (χ1v) is 15.6. The standard InChI is InChI=1S/C29H28Cl2N4O3S2/c1-19-5-7-25(8-6-19)34(40(37,38)28-11-9-27(39-4)10-12-28)18-29(36)33-32-17-22-13-20(2)35(21(22)3)26-15-23(30)14-24(31)16-26/h5-17H,18H2,1-4H3,(H,33,36)/b32-17+. The molecule has 0 aliphatic carbocycles. The summed E-state index contributed by atoms with van der Waals surface area (Å²) in [6, 6.07) is 20.7. The molecule has 0 radical (unpaired) electrons. The maximum Gasteiger partial charge on any atom is 0.264 e. The van der Waals surface area contributed by atoms with Gasteiger partial charge in [-0.2, -0.15) is 5.10 Å². The number of carbonyl (C=O) groups excluding carboxylic acids is 1. The molecule has 0 saturated carbocycles. The van der Waals surface area contributed by atoms with Gasteiger partial charge in [0, 0.05) is 37.6 Å². The average molecular weight is 616 g/mol. The Labute approximate surface area is 248 Å². The van der Waals surface area contributed by atoms with Gasteiger partial charge < -0.3 is 4.57 Å². The van der Waals surface area contributed by atoms with Crippen LogP contribution in [-0.2, 0) is 14.8 Å². The predicted molar refractivity (Wildman–Crippen MR) is 165 cm³/mol. The minimum absolute atomic E-state index is 0.0933. The first-order valence-electron chi connectivity index (χ1n) is 12.2. The van der Waals surface area contributed by atoms with E-state index >= 15 is 0 Å².